The summed E-state index contributed by atoms with van der Waals surface area (Å²) >= 11 is 0. The van der Waals surface area contributed by atoms with Gasteiger partial charge in [0.15, 0.2) is 0 Å². The van der Waals surface area contributed by atoms with E-state index < -0.39 is 0 Å². The summed E-state index contributed by atoms with van der Waals surface area (Å²) in [7, 11) is 1.75. The van der Waals surface area contributed by atoms with Gasteiger partial charge in [-0.2, -0.15) is 0 Å². The zero-order valence-electron chi connectivity index (χ0n) is 8.76. The van der Waals surface area contributed by atoms with E-state index in [0.717, 1.165) is 31.6 Å². The average Bonchev–Trinajstić information content (AvgIpc) is 2.30. The molecule has 1 aromatic rings. The first kappa shape index (κ1) is 10.2. The van der Waals surface area contributed by atoms with Crippen LogP contribution in [0.5, 0.6) is 6.01 Å². The Morgan fingerprint density at radius 1 is 1.33 bits per heavy atom. The van der Waals surface area contributed by atoms with E-state index in [1.807, 2.05) is 0 Å². The van der Waals surface area contributed by atoms with Crippen molar-refractivity contribution in [2.24, 2.45) is 0 Å². The van der Waals surface area contributed by atoms with E-state index in [4.69, 9.17) is 9.84 Å². The van der Waals surface area contributed by atoms with Crippen LogP contribution in [0.25, 0.3) is 0 Å². The van der Waals surface area contributed by atoms with Crippen LogP contribution < -0.4 is 4.90 Å². The first-order valence-electron chi connectivity index (χ1n) is 5.08. The molecule has 0 radical (unpaired) electrons. The Bertz CT molecular complexity index is 307. The summed E-state index contributed by atoms with van der Waals surface area (Å²) in [5.74, 6) is 0. The number of aromatic nitrogens is 2. The molecule has 0 saturated carbocycles. The maximum absolute atomic E-state index is 8.97. The zero-order chi connectivity index (χ0) is 10.7. The topological polar surface area (TPSA) is 58.5 Å². The fraction of sp³-hybridized carbons (Fsp3) is 0.600. The first-order valence-corrected chi connectivity index (χ1v) is 5.08. The normalized spacial score (nSPS) is 18.1. The summed E-state index contributed by atoms with van der Waals surface area (Å²) in [5.41, 5.74) is 0.961. The van der Waals surface area contributed by atoms with Gasteiger partial charge in [0.1, 0.15) is 0 Å². The number of ether oxygens (including phenoxy) is 1. The van der Waals surface area contributed by atoms with Gasteiger partial charge >= 0.3 is 6.01 Å². The van der Waals surface area contributed by atoms with Crippen molar-refractivity contribution >= 4 is 5.69 Å². The Morgan fingerprint density at radius 3 is 2.47 bits per heavy atom. The van der Waals surface area contributed by atoms with Gasteiger partial charge in [0, 0.05) is 20.2 Å². The third-order valence-corrected chi connectivity index (χ3v) is 2.77. The molecule has 0 unspecified atom stereocenters. The highest BCUT2D eigenvalue weighted by atomic mass is 16.5. The van der Waals surface area contributed by atoms with Crippen molar-refractivity contribution in [3.05, 3.63) is 12.4 Å². The monoisotopic (exact) mass is 209 g/mol. The zero-order valence-corrected chi connectivity index (χ0v) is 8.76. The predicted molar refractivity (Wildman–Crippen MR) is 55.9 cm³/mol. The lowest BCUT2D eigenvalue weighted by atomic mass is 10.1. The summed E-state index contributed by atoms with van der Waals surface area (Å²) in [6.07, 6.45) is 5.72. The minimum atomic E-state index is -0.175. The number of methoxy groups -OCH3 is 1. The molecule has 1 aliphatic rings. The van der Waals surface area contributed by atoms with Gasteiger partial charge < -0.3 is 14.7 Å². The Hall–Kier alpha value is -1.36. The Morgan fingerprint density at radius 2 is 1.93 bits per heavy atom. The lowest BCUT2D eigenvalue weighted by molar-refractivity contribution is 0.0819. The first-order chi connectivity index (χ1) is 7.29. The molecule has 0 aliphatic carbocycles. The van der Waals surface area contributed by atoms with Crippen LogP contribution in [0.1, 0.15) is 12.8 Å². The summed E-state index contributed by atoms with van der Waals surface area (Å²) in [6.45, 7) is 1.90. The van der Waals surface area contributed by atoms with Crippen molar-refractivity contribution in [3.8, 4) is 6.01 Å². The SMILES string of the molecule is COC1CCN(c2cnc(O)nc2)CC1. The van der Waals surface area contributed by atoms with Gasteiger partial charge in [-0.25, -0.2) is 9.97 Å². The minimum absolute atomic E-state index is 0.175. The van der Waals surface area contributed by atoms with Crippen molar-refractivity contribution in [2.75, 3.05) is 25.1 Å². The molecule has 2 heterocycles. The molecule has 0 atom stereocenters. The lowest BCUT2D eigenvalue weighted by Crippen LogP contribution is -2.36. The molecule has 1 N–H and O–H groups in total. The van der Waals surface area contributed by atoms with Gasteiger partial charge in [0.2, 0.25) is 0 Å². The number of rotatable bonds is 2. The molecule has 0 aromatic carbocycles. The molecule has 82 valence electrons. The van der Waals surface area contributed by atoms with Crippen LogP contribution in [0.15, 0.2) is 12.4 Å². The Balaban J connectivity index is 1.98. The highest BCUT2D eigenvalue weighted by Gasteiger charge is 2.19. The van der Waals surface area contributed by atoms with E-state index in [-0.39, 0.29) is 6.01 Å². The molecule has 1 fully saturated rings. The maximum Gasteiger partial charge on any atom is 0.313 e. The highest BCUT2D eigenvalue weighted by Crippen LogP contribution is 2.20. The number of anilines is 1. The predicted octanol–water partition coefficient (Wildman–Crippen LogP) is 0.797. The fourth-order valence-electron chi connectivity index (χ4n) is 1.83. The molecule has 5 nitrogen and oxygen atoms in total. The molecular weight excluding hydrogens is 194 g/mol. The molecule has 0 spiro atoms. The van der Waals surface area contributed by atoms with E-state index in [1.54, 1.807) is 19.5 Å². The fourth-order valence-corrected chi connectivity index (χ4v) is 1.83. The van der Waals surface area contributed by atoms with Gasteiger partial charge in [0.25, 0.3) is 0 Å². The van der Waals surface area contributed by atoms with Gasteiger partial charge in [-0.1, -0.05) is 0 Å². The second-order valence-corrected chi connectivity index (χ2v) is 3.66. The van der Waals surface area contributed by atoms with Crippen molar-refractivity contribution in [3.63, 3.8) is 0 Å². The van der Waals surface area contributed by atoms with Crippen molar-refractivity contribution in [2.45, 2.75) is 18.9 Å². The maximum atomic E-state index is 8.97. The molecule has 5 heteroatoms. The van der Waals surface area contributed by atoms with Crippen molar-refractivity contribution < 1.29 is 9.84 Å². The third kappa shape index (κ3) is 2.36. The van der Waals surface area contributed by atoms with Crippen LogP contribution in [0.4, 0.5) is 5.69 Å². The summed E-state index contributed by atoms with van der Waals surface area (Å²) in [6, 6.07) is -0.175. The summed E-state index contributed by atoms with van der Waals surface area (Å²) in [4.78, 5) is 9.73. The van der Waals surface area contributed by atoms with E-state index in [9.17, 15) is 0 Å². The number of nitrogens with zero attached hydrogens (tertiary/aromatic N) is 3. The molecule has 1 aliphatic heterocycles. The Labute approximate surface area is 88.7 Å². The van der Waals surface area contributed by atoms with Gasteiger partial charge in [-0.3, -0.25) is 0 Å². The second-order valence-electron chi connectivity index (χ2n) is 3.66. The van der Waals surface area contributed by atoms with E-state index in [2.05, 4.69) is 14.9 Å². The van der Waals surface area contributed by atoms with Crippen LogP contribution in [-0.4, -0.2) is 41.4 Å². The Kier molecular flexibility index (Phi) is 3.01. The number of hydrogen-bond donors (Lipinski definition) is 1. The minimum Gasteiger partial charge on any atom is -0.479 e. The van der Waals surface area contributed by atoms with Crippen LogP contribution in [0, 0.1) is 0 Å². The van der Waals surface area contributed by atoms with Crippen LogP contribution >= 0.6 is 0 Å². The van der Waals surface area contributed by atoms with Crippen molar-refractivity contribution in [1.29, 1.82) is 0 Å². The van der Waals surface area contributed by atoms with Crippen LogP contribution in [0.2, 0.25) is 0 Å². The number of hydrogen-bond acceptors (Lipinski definition) is 5. The molecule has 2 rings (SSSR count). The molecule has 0 bridgehead atoms. The van der Waals surface area contributed by atoms with Crippen molar-refractivity contribution in [1.82, 2.24) is 9.97 Å². The van der Waals surface area contributed by atoms with E-state index >= 15 is 0 Å². The van der Waals surface area contributed by atoms with Crippen LogP contribution in [0.3, 0.4) is 0 Å². The standard InChI is InChI=1S/C10H15N3O2/c1-15-9-2-4-13(5-3-9)8-6-11-10(14)12-7-8/h6-7,9H,2-5H2,1H3,(H,11,12,14). The van der Waals surface area contributed by atoms with Gasteiger partial charge in [-0.15, -0.1) is 0 Å². The number of piperidine rings is 1. The molecule has 0 amide bonds. The lowest BCUT2D eigenvalue weighted by Gasteiger charge is -2.32. The number of aromatic hydroxyl groups is 1. The van der Waals surface area contributed by atoms with E-state index in [0.29, 0.717) is 6.10 Å². The van der Waals surface area contributed by atoms with Crippen LogP contribution in [-0.2, 0) is 4.74 Å². The molecular formula is C10H15N3O2. The van der Waals surface area contributed by atoms with Gasteiger partial charge in [0.05, 0.1) is 24.2 Å². The largest absolute Gasteiger partial charge is 0.479 e. The third-order valence-electron chi connectivity index (χ3n) is 2.77. The molecule has 15 heavy (non-hydrogen) atoms. The van der Waals surface area contributed by atoms with Gasteiger partial charge in [-0.05, 0) is 12.8 Å². The smallest absolute Gasteiger partial charge is 0.313 e. The quantitative estimate of drug-likeness (QED) is 0.780. The summed E-state index contributed by atoms with van der Waals surface area (Å²) in [5, 5.41) is 8.97. The van der Waals surface area contributed by atoms with E-state index in [1.165, 1.54) is 0 Å². The average molecular weight is 209 g/mol. The molecule has 1 saturated heterocycles. The molecule has 1 aromatic heterocycles. The highest BCUT2D eigenvalue weighted by molar-refractivity contribution is 5.42. The second kappa shape index (κ2) is 4.44. The summed E-state index contributed by atoms with van der Waals surface area (Å²) < 4.78 is 5.30.